The molecule has 0 saturated heterocycles. The van der Waals surface area contributed by atoms with Crippen LogP contribution < -0.4 is 5.73 Å². The Bertz CT molecular complexity index is 506. The Morgan fingerprint density at radius 3 is 2.75 bits per heavy atom. The number of aromatic nitrogens is 1. The highest BCUT2D eigenvalue weighted by Gasteiger charge is 2.20. The molecule has 1 atom stereocenters. The molecule has 2 nitrogen and oxygen atoms in total. The molecule has 3 rings (SSSR count). The smallest absolute Gasteiger partial charge is 0.0483 e. The summed E-state index contributed by atoms with van der Waals surface area (Å²) in [5.41, 5.74) is 8.48. The van der Waals surface area contributed by atoms with E-state index in [2.05, 4.69) is 35.0 Å². The first-order chi connectivity index (χ1) is 7.75. The quantitative estimate of drug-likeness (QED) is 0.816. The van der Waals surface area contributed by atoms with Gasteiger partial charge in [0.1, 0.15) is 0 Å². The Kier molecular flexibility index (Phi) is 2.25. The molecular formula is C14H18N2. The Hall–Kier alpha value is -1.28. The number of nitrogens with zero attached hydrogens (tertiary/aromatic N) is 1. The van der Waals surface area contributed by atoms with Crippen LogP contribution in [0.5, 0.6) is 0 Å². The Labute approximate surface area is 96.1 Å². The average molecular weight is 214 g/mol. The molecule has 0 spiro atoms. The van der Waals surface area contributed by atoms with Crippen molar-refractivity contribution in [2.75, 3.05) is 0 Å². The van der Waals surface area contributed by atoms with Gasteiger partial charge in [0, 0.05) is 23.8 Å². The lowest BCUT2D eigenvalue weighted by molar-refractivity contribution is 0.321. The normalized spacial score (nSPS) is 18.6. The van der Waals surface area contributed by atoms with E-state index in [1.54, 1.807) is 0 Å². The fourth-order valence-corrected chi connectivity index (χ4v) is 2.45. The summed E-state index contributed by atoms with van der Waals surface area (Å²) in [7, 11) is 0. The van der Waals surface area contributed by atoms with Crippen LogP contribution in [-0.2, 0) is 0 Å². The van der Waals surface area contributed by atoms with Crippen molar-refractivity contribution in [2.24, 2.45) is 5.73 Å². The standard InChI is InChI=1S/C14H18N2/c1-10(15)11-5-6-14-12(9-11)7-8-16(14)13-3-2-4-13/h5-10,13H,2-4,15H2,1H3. The van der Waals surface area contributed by atoms with Gasteiger partial charge in [0.05, 0.1) is 0 Å². The molecule has 1 heterocycles. The van der Waals surface area contributed by atoms with Gasteiger partial charge in [-0.05, 0) is 55.3 Å². The molecule has 1 aliphatic carbocycles. The molecule has 84 valence electrons. The third kappa shape index (κ3) is 1.45. The van der Waals surface area contributed by atoms with Crippen LogP contribution in [-0.4, -0.2) is 4.57 Å². The topological polar surface area (TPSA) is 30.9 Å². The second kappa shape index (κ2) is 3.63. The molecule has 1 unspecified atom stereocenters. The number of hydrogen-bond acceptors (Lipinski definition) is 1. The second-order valence-corrected chi connectivity index (χ2v) is 4.91. The van der Waals surface area contributed by atoms with Crippen molar-refractivity contribution in [1.29, 1.82) is 0 Å². The van der Waals surface area contributed by atoms with Gasteiger partial charge >= 0.3 is 0 Å². The molecule has 0 amide bonds. The number of hydrogen-bond donors (Lipinski definition) is 1. The molecule has 2 heteroatoms. The van der Waals surface area contributed by atoms with Crippen LogP contribution >= 0.6 is 0 Å². The molecule has 1 fully saturated rings. The third-order valence-corrected chi connectivity index (χ3v) is 3.74. The van der Waals surface area contributed by atoms with Crippen molar-refractivity contribution in [3.63, 3.8) is 0 Å². The molecule has 16 heavy (non-hydrogen) atoms. The maximum absolute atomic E-state index is 5.90. The summed E-state index contributed by atoms with van der Waals surface area (Å²) in [5.74, 6) is 0. The van der Waals surface area contributed by atoms with E-state index < -0.39 is 0 Å². The average Bonchev–Trinajstić information content (AvgIpc) is 2.59. The molecule has 0 aliphatic heterocycles. The molecule has 1 aromatic heterocycles. The predicted molar refractivity (Wildman–Crippen MR) is 67.4 cm³/mol. The summed E-state index contributed by atoms with van der Waals surface area (Å²) in [6.07, 6.45) is 6.26. The largest absolute Gasteiger partial charge is 0.344 e. The zero-order valence-corrected chi connectivity index (χ0v) is 9.69. The van der Waals surface area contributed by atoms with Gasteiger partial charge in [-0.1, -0.05) is 6.07 Å². The van der Waals surface area contributed by atoms with E-state index in [-0.39, 0.29) is 6.04 Å². The summed E-state index contributed by atoms with van der Waals surface area (Å²) in [4.78, 5) is 0. The van der Waals surface area contributed by atoms with Gasteiger partial charge in [0.2, 0.25) is 0 Å². The fourth-order valence-electron chi connectivity index (χ4n) is 2.45. The van der Waals surface area contributed by atoms with Crippen molar-refractivity contribution >= 4 is 10.9 Å². The van der Waals surface area contributed by atoms with Crippen LogP contribution in [0.15, 0.2) is 30.5 Å². The molecule has 1 saturated carbocycles. The first-order valence-electron chi connectivity index (χ1n) is 6.12. The van der Waals surface area contributed by atoms with Gasteiger partial charge in [-0.3, -0.25) is 0 Å². The number of rotatable bonds is 2. The third-order valence-electron chi connectivity index (χ3n) is 3.74. The minimum Gasteiger partial charge on any atom is -0.344 e. The van der Waals surface area contributed by atoms with Gasteiger partial charge in [-0.15, -0.1) is 0 Å². The number of fused-ring (bicyclic) bond motifs is 1. The van der Waals surface area contributed by atoms with Crippen molar-refractivity contribution in [2.45, 2.75) is 38.3 Å². The van der Waals surface area contributed by atoms with Crippen LogP contribution in [0.2, 0.25) is 0 Å². The molecule has 0 radical (unpaired) electrons. The van der Waals surface area contributed by atoms with E-state index in [9.17, 15) is 0 Å². The van der Waals surface area contributed by atoms with Gasteiger partial charge in [-0.25, -0.2) is 0 Å². The lowest BCUT2D eigenvalue weighted by Gasteiger charge is -2.28. The molecule has 2 aromatic rings. The minimum atomic E-state index is 0.122. The highest BCUT2D eigenvalue weighted by Crippen LogP contribution is 2.34. The zero-order valence-electron chi connectivity index (χ0n) is 9.69. The maximum Gasteiger partial charge on any atom is 0.0483 e. The van der Waals surface area contributed by atoms with Crippen molar-refractivity contribution in [1.82, 2.24) is 4.57 Å². The summed E-state index contributed by atoms with van der Waals surface area (Å²) in [6.45, 7) is 2.03. The van der Waals surface area contributed by atoms with Crippen molar-refractivity contribution in [3.8, 4) is 0 Å². The van der Waals surface area contributed by atoms with Crippen molar-refractivity contribution < 1.29 is 0 Å². The van der Waals surface area contributed by atoms with E-state index >= 15 is 0 Å². The van der Waals surface area contributed by atoms with Gasteiger partial charge in [-0.2, -0.15) is 0 Å². The molecule has 1 aliphatic rings. The SMILES string of the molecule is CC(N)c1ccc2c(ccn2C2CCC2)c1. The van der Waals surface area contributed by atoms with Gasteiger partial charge in [0.15, 0.2) is 0 Å². The highest BCUT2D eigenvalue weighted by molar-refractivity contribution is 5.81. The van der Waals surface area contributed by atoms with E-state index in [0.717, 1.165) is 6.04 Å². The Morgan fingerprint density at radius 2 is 2.12 bits per heavy atom. The van der Waals surface area contributed by atoms with Crippen LogP contribution in [0.3, 0.4) is 0 Å². The maximum atomic E-state index is 5.90. The Balaban J connectivity index is 2.07. The van der Waals surface area contributed by atoms with Crippen molar-refractivity contribution in [3.05, 3.63) is 36.0 Å². The van der Waals surface area contributed by atoms with Gasteiger partial charge in [0.25, 0.3) is 0 Å². The van der Waals surface area contributed by atoms with Crippen LogP contribution in [0, 0.1) is 0 Å². The lowest BCUT2D eigenvalue weighted by Crippen LogP contribution is -2.15. The van der Waals surface area contributed by atoms with Crippen LogP contribution in [0.1, 0.15) is 43.8 Å². The number of nitrogens with two attached hydrogens (primary N) is 1. The van der Waals surface area contributed by atoms with Crippen LogP contribution in [0.4, 0.5) is 0 Å². The Morgan fingerprint density at radius 1 is 1.31 bits per heavy atom. The van der Waals surface area contributed by atoms with Crippen LogP contribution in [0.25, 0.3) is 10.9 Å². The molecule has 0 bridgehead atoms. The molecule has 2 N–H and O–H groups in total. The molecule has 1 aromatic carbocycles. The highest BCUT2D eigenvalue weighted by atomic mass is 15.0. The van der Waals surface area contributed by atoms with E-state index in [0.29, 0.717) is 0 Å². The predicted octanol–water partition coefficient (Wildman–Crippen LogP) is 3.39. The zero-order chi connectivity index (χ0) is 11.1. The van der Waals surface area contributed by atoms with E-state index in [1.807, 2.05) is 6.92 Å². The summed E-state index contributed by atoms with van der Waals surface area (Å²) >= 11 is 0. The summed E-state index contributed by atoms with van der Waals surface area (Å²) in [6, 6.07) is 9.65. The second-order valence-electron chi connectivity index (χ2n) is 4.91. The molecular weight excluding hydrogens is 196 g/mol. The lowest BCUT2D eigenvalue weighted by atomic mass is 9.93. The summed E-state index contributed by atoms with van der Waals surface area (Å²) < 4.78 is 2.42. The first-order valence-corrected chi connectivity index (χ1v) is 6.12. The van der Waals surface area contributed by atoms with E-state index in [4.69, 9.17) is 5.73 Å². The fraction of sp³-hybridized carbons (Fsp3) is 0.429. The van der Waals surface area contributed by atoms with E-state index in [1.165, 1.54) is 35.7 Å². The number of benzene rings is 1. The first kappa shape index (κ1) is 9.91. The van der Waals surface area contributed by atoms with Gasteiger partial charge < -0.3 is 10.3 Å². The minimum absolute atomic E-state index is 0.122. The summed E-state index contributed by atoms with van der Waals surface area (Å²) in [5, 5.41) is 1.32. The monoisotopic (exact) mass is 214 g/mol.